The number of methoxy groups -OCH3 is 1. The topological polar surface area (TPSA) is 58.6 Å². The van der Waals surface area contributed by atoms with E-state index < -0.39 is 5.82 Å². The summed E-state index contributed by atoms with van der Waals surface area (Å²) in [5.74, 6) is -1.07. The number of anilines is 1. The van der Waals surface area contributed by atoms with Crippen LogP contribution < -0.4 is 5.32 Å². The second-order valence-electron chi connectivity index (χ2n) is 4.37. The highest BCUT2D eigenvalue weighted by molar-refractivity contribution is 6.33. The fraction of sp³-hybridized carbons (Fsp3) is 0.429. The molecule has 0 radical (unpaired) electrons. The van der Waals surface area contributed by atoms with Crippen molar-refractivity contribution in [3.05, 3.63) is 29.0 Å². The lowest BCUT2D eigenvalue weighted by atomic mass is 10.3. The van der Waals surface area contributed by atoms with E-state index in [0.29, 0.717) is 18.8 Å². The van der Waals surface area contributed by atoms with Crippen LogP contribution in [0.15, 0.2) is 18.2 Å². The van der Waals surface area contributed by atoms with Crippen molar-refractivity contribution < 1.29 is 18.7 Å². The molecule has 0 unspecified atom stereocenters. The highest BCUT2D eigenvalue weighted by atomic mass is 35.5. The average Bonchev–Trinajstić information content (AvgIpc) is 2.46. The molecule has 0 bridgehead atoms. The smallest absolute Gasteiger partial charge is 0.306 e. The molecule has 1 N–H and O–H groups in total. The summed E-state index contributed by atoms with van der Waals surface area (Å²) >= 11 is 5.84. The molecule has 1 aromatic carbocycles. The van der Waals surface area contributed by atoms with Crippen LogP contribution in [0.25, 0.3) is 0 Å². The van der Waals surface area contributed by atoms with Gasteiger partial charge in [-0.2, -0.15) is 0 Å². The van der Waals surface area contributed by atoms with Gasteiger partial charge < -0.3 is 10.1 Å². The Balaban J connectivity index is 2.52. The SMILES string of the molecule is CCN(CCC(=O)OC)CC(=O)Nc1ccc(F)cc1Cl. The van der Waals surface area contributed by atoms with Crippen LogP contribution in [0.1, 0.15) is 13.3 Å². The summed E-state index contributed by atoms with van der Waals surface area (Å²) in [5, 5.41) is 2.75. The first-order chi connectivity index (χ1) is 9.96. The van der Waals surface area contributed by atoms with Crippen molar-refractivity contribution >= 4 is 29.2 Å². The Morgan fingerprint density at radius 2 is 2.14 bits per heavy atom. The third-order valence-electron chi connectivity index (χ3n) is 2.88. The lowest BCUT2D eigenvalue weighted by Crippen LogP contribution is -2.34. The van der Waals surface area contributed by atoms with Gasteiger partial charge in [0.1, 0.15) is 5.82 Å². The summed E-state index contributed by atoms with van der Waals surface area (Å²) < 4.78 is 17.5. The number of halogens is 2. The van der Waals surface area contributed by atoms with Gasteiger partial charge in [-0.1, -0.05) is 18.5 Å². The van der Waals surface area contributed by atoms with E-state index in [-0.39, 0.29) is 29.9 Å². The molecule has 0 aliphatic heterocycles. The van der Waals surface area contributed by atoms with Crippen molar-refractivity contribution in [2.24, 2.45) is 0 Å². The third-order valence-corrected chi connectivity index (χ3v) is 3.19. The van der Waals surface area contributed by atoms with Gasteiger partial charge in [-0.15, -0.1) is 0 Å². The number of likely N-dealkylation sites (N-methyl/N-ethyl adjacent to an activating group) is 1. The molecule has 1 aromatic rings. The Hall–Kier alpha value is -1.66. The number of benzene rings is 1. The molecular formula is C14H18ClFN2O3. The minimum Gasteiger partial charge on any atom is -0.469 e. The zero-order valence-corrected chi connectivity index (χ0v) is 12.7. The maximum Gasteiger partial charge on any atom is 0.306 e. The molecule has 0 aromatic heterocycles. The van der Waals surface area contributed by atoms with Crippen LogP contribution in [-0.4, -0.2) is 43.5 Å². The molecule has 116 valence electrons. The number of carbonyl (C=O) groups is 2. The first kappa shape index (κ1) is 17.4. The van der Waals surface area contributed by atoms with Gasteiger partial charge in [0.25, 0.3) is 0 Å². The van der Waals surface area contributed by atoms with Crippen molar-refractivity contribution in [2.45, 2.75) is 13.3 Å². The monoisotopic (exact) mass is 316 g/mol. The van der Waals surface area contributed by atoms with Gasteiger partial charge in [0.15, 0.2) is 0 Å². The molecule has 5 nitrogen and oxygen atoms in total. The fourth-order valence-corrected chi connectivity index (χ4v) is 1.90. The van der Waals surface area contributed by atoms with Crippen LogP contribution >= 0.6 is 11.6 Å². The summed E-state index contributed by atoms with van der Waals surface area (Å²) in [6.07, 6.45) is 0.217. The highest BCUT2D eigenvalue weighted by Gasteiger charge is 2.12. The van der Waals surface area contributed by atoms with Crippen molar-refractivity contribution in [1.29, 1.82) is 0 Å². The van der Waals surface area contributed by atoms with E-state index in [2.05, 4.69) is 10.1 Å². The Bertz CT molecular complexity index is 511. The van der Waals surface area contributed by atoms with E-state index in [1.54, 1.807) is 4.90 Å². The van der Waals surface area contributed by atoms with E-state index in [4.69, 9.17) is 11.6 Å². The standard InChI is InChI=1S/C14H18ClFN2O3/c1-3-18(7-6-14(20)21-2)9-13(19)17-12-5-4-10(16)8-11(12)15/h4-5,8H,3,6-7,9H2,1-2H3,(H,17,19). The van der Waals surface area contributed by atoms with Gasteiger partial charge in [-0.25, -0.2) is 4.39 Å². The molecule has 21 heavy (non-hydrogen) atoms. The van der Waals surface area contributed by atoms with E-state index in [1.807, 2.05) is 6.92 Å². The van der Waals surface area contributed by atoms with Gasteiger partial charge in [-0.05, 0) is 24.7 Å². The van der Waals surface area contributed by atoms with E-state index in [0.717, 1.165) is 6.07 Å². The predicted octanol–water partition coefficient (Wildman–Crippen LogP) is 2.30. The molecule has 0 aliphatic carbocycles. The number of nitrogens with zero attached hydrogens (tertiary/aromatic N) is 1. The quantitative estimate of drug-likeness (QED) is 0.784. The summed E-state index contributed by atoms with van der Waals surface area (Å²) in [6.45, 7) is 3.03. The number of hydrogen-bond acceptors (Lipinski definition) is 4. The lowest BCUT2D eigenvalue weighted by molar-refractivity contribution is -0.141. The maximum atomic E-state index is 12.9. The van der Waals surface area contributed by atoms with Gasteiger partial charge >= 0.3 is 5.97 Å². The molecule has 0 heterocycles. The first-order valence-electron chi connectivity index (χ1n) is 6.50. The van der Waals surface area contributed by atoms with Crippen LogP contribution in [0, 0.1) is 5.82 Å². The van der Waals surface area contributed by atoms with Crippen LogP contribution in [-0.2, 0) is 14.3 Å². The number of rotatable bonds is 7. The predicted molar refractivity (Wildman–Crippen MR) is 78.8 cm³/mol. The Morgan fingerprint density at radius 3 is 2.71 bits per heavy atom. The second kappa shape index (κ2) is 8.59. The number of amides is 1. The molecule has 0 aliphatic rings. The summed E-state index contributed by atoms with van der Waals surface area (Å²) in [5.41, 5.74) is 0.354. The van der Waals surface area contributed by atoms with Gasteiger partial charge in [0, 0.05) is 6.54 Å². The lowest BCUT2D eigenvalue weighted by Gasteiger charge is -2.19. The van der Waals surface area contributed by atoms with Crippen molar-refractivity contribution in [3.63, 3.8) is 0 Å². The number of hydrogen-bond donors (Lipinski definition) is 1. The van der Waals surface area contributed by atoms with Gasteiger partial charge in [0.05, 0.1) is 30.8 Å². The van der Waals surface area contributed by atoms with E-state index in [1.165, 1.54) is 19.2 Å². The van der Waals surface area contributed by atoms with Crippen LogP contribution in [0.2, 0.25) is 5.02 Å². The molecule has 1 rings (SSSR count). The number of carbonyl (C=O) groups excluding carboxylic acids is 2. The van der Waals surface area contributed by atoms with Crippen molar-refractivity contribution in [2.75, 3.05) is 32.1 Å². The normalized spacial score (nSPS) is 10.5. The Labute approximate surface area is 128 Å². The summed E-state index contributed by atoms with van der Waals surface area (Å²) in [4.78, 5) is 24.8. The Kier molecular flexibility index (Phi) is 7.11. The third kappa shape index (κ3) is 6.10. The largest absolute Gasteiger partial charge is 0.469 e. The number of ether oxygens (including phenoxy) is 1. The fourth-order valence-electron chi connectivity index (χ4n) is 1.68. The number of nitrogens with one attached hydrogen (secondary N) is 1. The molecule has 0 fully saturated rings. The molecule has 1 amide bonds. The maximum absolute atomic E-state index is 12.9. The minimum atomic E-state index is -0.466. The van der Waals surface area contributed by atoms with Crippen LogP contribution in [0.5, 0.6) is 0 Å². The zero-order valence-electron chi connectivity index (χ0n) is 12.0. The summed E-state index contributed by atoms with van der Waals surface area (Å²) in [6, 6.07) is 3.75. The average molecular weight is 317 g/mol. The first-order valence-corrected chi connectivity index (χ1v) is 6.88. The van der Waals surface area contributed by atoms with Gasteiger partial charge in [0.2, 0.25) is 5.91 Å². The molecule has 7 heteroatoms. The molecule has 0 saturated carbocycles. The van der Waals surface area contributed by atoms with E-state index >= 15 is 0 Å². The second-order valence-corrected chi connectivity index (χ2v) is 4.77. The van der Waals surface area contributed by atoms with Crippen LogP contribution in [0.3, 0.4) is 0 Å². The highest BCUT2D eigenvalue weighted by Crippen LogP contribution is 2.22. The zero-order chi connectivity index (χ0) is 15.8. The molecular weight excluding hydrogens is 299 g/mol. The molecule has 0 atom stereocenters. The van der Waals surface area contributed by atoms with Crippen LogP contribution in [0.4, 0.5) is 10.1 Å². The molecule has 0 spiro atoms. The minimum absolute atomic E-state index is 0.112. The Morgan fingerprint density at radius 1 is 1.43 bits per heavy atom. The van der Waals surface area contributed by atoms with Crippen molar-refractivity contribution in [1.82, 2.24) is 4.90 Å². The van der Waals surface area contributed by atoms with Crippen molar-refractivity contribution in [3.8, 4) is 0 Å². The van der Waals surface area contributed by atoms with E-state index in [9.17, 15) is 14.0 Å². The number of esters is 1. The molecule has 0 saturated heterocycles. The van der Waals surface area contributed by atoms with Gasteiger partial charge in [-0.3, -0.25) is 14.5 Å². The summed E-state index contributed by atoms with van der Waals surface area (Å²) in [7, 11) is 1.32.